The SMILES string of the molecule is CCn1c(SCC(=O)Nc2nc(-c3ccc(Cl)cc3)cs2)nnc1[C@@H](C)NC(=O)c1ccccc1. The summed E-state index contributed by atoms with van der Waals surface area (Å²) in [6.45, 7) is 4.43. The lowest BCUT2D eigenvalue weighted by Crippen LogP contribution is -2.28. The van der Waals surface area contributed by atoms with Gasteiger partial charge in [-0.05, 0) is 38.1 Å². The number of benzene rings is 2. The van der Waals surface area contributed by atoms with E-state index in [4.69, 9.17) is 11.6 Å². The third kappa shape index (κ3) is 6.27. The van der Waals surface area contributed by atoms with Crippen molar-refractivity contribution in [2.45, 2.75) is 31.6 Å². The predicted octanol–water partition coefficient (Wildman–Crippen LogP) is 5.30. The Bertz CT molecular complexity index is 1310. The van der Waals surface area contributed by atoms with Gasteiger partial charge in [-0.1, -0.05) is 53.7 Å². The molecule has 0 saturated carbocycles. The van der Waals surface area contributed by atoms with Crippen molar-refractivity contribution in [1.29, 1.82) is 0 Å². The van der Waals surface area contributed by atoms with Crippen molar-refractivity contribution in [1.82, 2.24) is 25.1 Å². The normalized spacial score (nSPS) is 11.7. The summed E-state index contributed by atoms with van der Waals surface area (Å²) >= 11 is 8.58. The molecular formula is C24H23ClN6O2S2. The van der Waals surface area contributed by atoms with Gasteiger partial charge in [-0.25, -0.2) is 4.98 Å². The molecule has 4 aromatic rings. The lowest BCUT2D eigenvalue weighted by Gasteiger charge is -2.15. The van der Waals surface area contributed by atoms with Crippen LogP contribution in [0.4, 0.5) is 5.13 Å². The molecule has 11 heteroatoms. The first-order valence-corrected chi connectivity index (χ1v) is 13.1. The third-order valence-corrected chi connectivity index (χ3v) is 7.03. The number of amides is 2. The first-order valence-electron chi connectivity index (χ1n) is 10.9. The summed E-state index contributed by atoms with van der Waals surface area (Å²) in [5.41, 5.74) is 2.28. The topological polar surface area (TPSA) is 102 Å². The fourth-order valence-electron chi connectivity index (χ4n) is 3.33. The molecule has 0 aliphatic rings. The van der Waals surface area contributed by atoms with Gasteiger partial charge in [0.15, 0.2) is 16.1 Å². The predicted molar refractivity (Wildman–Crippen MR) is 140 cm³/mol. The van der Waals surface area contributed by atoms with E-state index in [9.17, 15) is 9.59 Å². The minimum atomic E-state index is -0.347. The molecule has 0 bridgehead atoms. The van der Waals surface area contributed by atoms with E-state index in [-0.39, 0.29) is 23.6 Å². The Labute approximate surface area is 216 Å². The number of aromatic nitrogens is 4. The lowest BCUT2D eigenvalue weighted by molar-refractivity contribution is -0.113. The van der Waals surface area contributed by atoms with Crippen LogP contribution in [0.1, 0.15) is 36.1 Å². The molecule has 0 spiro atoms. The zero-order chi connectivity index (χ0) is 24.8. The number of hydrogen-bond acceptors (Lipinski definition) is 7. The molecule has 1 atom stereocenters. The van der Waals surface area contributed by atoms with E-state index in [1.54, 1.807) is 24.3 Å². The average molecular weight is 527 g/mol. The van der Waals surface area contributed by atoms with Gasteiger partial charge < -0.3 is 15.2 Å². The summed E-state index contributed by atoms with van der Waals surface area (Å²) in [4.78, 5) is 29.5. The number of nitrogens with zero attached hydrogens (tertiary/aromatic N) is 4. The maximum atomic E-state index is 12.5. The lowest BCUT2D eigenvalue weighted by atomic mass is 10.2. The number of carbonyl (C=O) groups excluding carboxylic acids is 2. The van der Waals surface area contributed by atoms with Gasteiger partial charge in [-0.15, -0.1) is 21.5 Å². The molecule has 2 aromatic heterocycles. The van der Waals surface area contributed by atoms with E-state index in [1.165, 1.54) is 23.1 Å². The Kier molecular flexibility index (Phi) is 8.17. The van der Waals surface area contributed by atoms with Gasteiger partial charge in [0, 0.05) is 28.1 Å². The van der Waals surface area contributed by atoms with Crippen LogP contribution in [0.25, 0.3) is 11.3 Å². The van der Waals surface area contributed by atoms with Crippen molar-refractivity contribution >= 4 is 51.6 Å². The second kappa shape index (κ2) is 11.5. The first kappa shape index (κ1) is 24.9. The number of hydrogen-bond donors (Lipinski definition) is 2. The van der Waals surface area contributed by atoms with E-state index in [2.05, 4.69) is 25.8 Å². The van der Waals surface area contributed by atoms with Crippen LogP contribution >= 0.6 is 34.7 Å². The van der Waals surface area contributed by atoms with Crippen LogP contribution in [-0.4, -0.2) is 37.3 Å². The highest BCUT2D eigenvalue weighted by molar-refractivity contribution is 7.99. The quantitative estimate of drug-likeness (QED) is 0.287. The summed E-state index contributed by atoms with van der Waals surface area (Å²) in [5, 5.41) is 18.0. The molecule has 0 saturated heterocycles. The van der Waals surface area contributed by atoms with Crippen LogP contribution < -0.4 is 10.6 Å². The summed E-state index contributed by atoms with van der Waals surface area (Å²) in [5.74, 6) is 0.411. The fourth-order valence-corrected chi connectivity index (χ4v) is 5.00. The Morgan fingerprint density at radius 1 is 1.11 bits per heavy atom. The highest BCUT2D eigenvalue weighted by Gasteiger charge is 2.20. The highest BCUT2D eigenvalue weighted by atomic mass is 35.5. The van der Waals surface area contributed by atoms with E-state index >= 15 is 0 Å². The second-order valence-electron chi connectivity index (χ2n) is 7.53. The van der Waals surface area contributed by atoms with Crippen LogP contribution in [-0.2, 0) is 11.3 Å². The number of thioether (sulfide) groups is 1. The second-order valence-corrected chi connectivity index (χ2v) is 9.76. The molecule has 0 radical (unpaired) electrons. The van der Waals surface area contributed by atoms with E-state index in [1.807, 2.05) is 54.1 Å². The molecule has 180 valence electrons. The molecule has 0 unspecified atom stereocenters. The Morgan fingerprint density at radius 2 is 1.86 bits per heavy atom. The monoisotopic (exact) mass is 526 g/mol. The van der Waals surface area contributed by atoms with Crippen LogP contribution in [0.15, 0.2) is 65.1 Å². The number of carbonyl (C=O) groups is 2. The van der Waals surface area contributed by atoms with Crippen molar-refractivity contribution in [2.75, 3.05) is 11.1 Å². The molecule has 2 amide bonds. The Balaban J connectivity index is 1.34. The summed E-state index contributed by atoms with van der Waals surface area (Å²) < 4.78 is 1.90. The zero-order valence-corrected chi connectivity index (χ0v) is 21.5. The van der Waals surface area contributed by atoms with Gasteiger partial charge in [0.1, 0.15) is 0 Å². The maximum absolute atomic E-state index is 12.5. The van der Waals surface area contributed by atoms with E-state index in [0.29, 0.717) is 33.2 Å². The van der Waals surface area contributed by atoms with Crippen LogP contribution in [0, 0.1) is 0 Å². The highest BCUT2D eigenvalue weighted by Crippen LogP contribution is 2.26. The number of anilines is 1. The average Bonchev–Trinajstić information content (AvgIpc) is 3.50. The Morgan fingerprint density at radius 3 is 2.57 bits per heavy atom. The smallest absolute Gasteiger partial charge is 0.251 e. The number of thiazole rings is 1. The Hall–Kier alpha value is -3.21. The third-order valence-electron chi connectivity index (χ3n) is 5.06. The summed E-state index contributed by atoms with van der Waals surface area (Å²) in [7, 11) is 0. The molecule has 0 fully saturated rings. The van der Waals surface area contributed by atoms with Gasteiger partial charge in [0.2, 0.25) is 5.91 Å². The molecule has 0 aliphatic heterocycles. The van der Waals surface area contributed by atoms with E-state index < -0.39 is 0 Å². The minimum absolute atomic E-state index is 0.152. The number of rotatable bonds is 9. The molecule has 8 nitrogen and oxygen atoms in total. The van der Waals surface area contributed by atoms with Gasteiger partial charge in [0.25, 0.3) is 5.91 Å². The summed E-state index contributed by atoms with van der Waals surface area (Å²) in [6, 6.07) is 16.0. The number of halogens is 1. The van der Waals surface area contributed by atoms with E-state index in [0.717, 1.165) is 11.3 Å². The zero-order valence-electron chi connectivity index (χ0n) is 19.1. The molecule has 4 rings (SSSR count). The van der Waals surface area contributed by atoms with Crippen LogP contribution in [0.5, 0.6) is 0 Å². The molecule has 2 N–H and O–H groups in total. The van der Waals surface area contributed by atoms with Crippen molar-refractivity contribution in [2.24, 2.45) is 0 Å². The largest absolute Gasteiger partial charge is 0.342 e. The fraction of sp³-hybridized carbons (Fsp3) is 0.208. The van der Waals surface area contributed by atoms with Crippen molar-refractivity contribution in [3.8, 4) is 11.3 Å². The van der Waals surface area contributed by atoms with Gasteiger partial charge in [0.05, 0.1) is 17.5 Å². The maximum Gasteiger partial charge on any atom is 0.251 e. The van der Waals surface area contributed by atoms with Crippen LogP contribution in [0.3, 0.4) is 0 Å². The molecule has 0 aliphatic carbocycles. The molecule has 35 heavy (non-hydrogen) atoms. The van der Waals surface area contributed by atoms with Gasteiger partial charge >= 0.3 is 0 Å². The standard InChI is InChI=1S/C24H23ClN6O2S2/c1-3-31-21(15(2)26-22(33)17-7-5-4-6-8-17)29-30-24(31)35-14-20(32)28-23-27-19(13-34-23)16-9-11-18(25)12-10-16/h4-13,15H,3,14H2,1-2H3,(H,26,33)(H,27,28,32)/t15-/m1/s1. The minimum Gasteiger partial charge on any atom is -0.342 e. The van der Waals surface area contributed by atoms with Crippen molar-refractivity contribution < 1.29 is 9.59 Å². The van der Waals surface area contributed by atoms with Crippen molar-refractivity contribution in [3.05, 3.63) is 76.4 Å². The van der Waals surface area contributed by atoms with Gasteiger partial charge in [-0.3, -0.25) is 9.59 Å². The van der Waals surface area contributed by atoms with Gasteiger partial charge in [-0.2, -0.15) is 0 Å². The number of nitrogens with one attached hydrogen (secondary N) is 2. The van der Waals surface area contributed by atoms with Crippen LogP contribution in [0.2, 0.25) is 5.02 Å². The molecule has 2 heterocycles. The molecular weight excluding hydrogens is 504 g/mol. The first-order chi connectivity index (χ1) is 16.9. The molecule has 2 aromatic carbocycles. The van der Waals surface area contributed by atoms with Crippen molar-refractivity contribution in [3.63, 3.8) is 0 Å². The summed E-state index contributed by atoms with van der Waals surface area (Å²) in [6.07, 6.45) is 0.